The molecule has 17 nitrogen and oxygen atoms in total. The topological polar surface area (TPSA) is 237 Å². The van der Waals surface area contributed by atoms with Crippen LogP contribution in [0.15, 0.2) is 85.1 Å². The number of rotatable bonds is 77. The Hall–Kier alpha value is -3.76. The highest BCUT2D eigenvalue weighted by atomic mass is 31.2. The second-order valence-corrected chi connectivity index (χ2v) is 30.2. The Bertz CT molecular complexity index is 2260. The van der Waals surface area contributed by atoms with E-state index >= 15 is 0 Å². The molecule has 0 heterocycles. The number of phosphoric acid groups is 2. The van der Waals surface area contributed by atoms with Crippen molar-refractivity contribution in [1.29, 1.82) is 0 Å². The Labute approximate surface area is 621 Å². The summed E-state index contributed by atoms with van der Waals surface area (Å²) in [5, 5.41) is 10.6. The van der Waals surface area contributed by atoms with Gasteiger partial charge in [0.05, 0.1) is 26.4 Å². The lowest BCUT2D eigenvalue weighted by Crippen LogP contribution is -2.30. The highest BCUT2D eigenvalue weighted by Crippen LogP contribution is 2.45. The second-order valence-electron chi connectivity index (χ2n) is 27.3. The summed E-state index contributed by atoms with van der Waals surface area (Å²) in [6.07, 6.45) is 78.3. The summed E-state index contributed by atoms with van der Waals surface area (Å²) in [5.74, 6) is -2.17. The number of carbonyl (C=O) groups excluding carboxylic acids is 4. The van der Waals surface area contributed by atoms with Gasteiger partial charge in [0.1, 0.15) is 19.3 Å². The first-order chi connectivity index (χ1) is 49.7. The molecule has 0 saturated carbocycles. The molecule has 19 heteroatoms. The number of aliphatic hydroxyl groups is 1. The molecular weight excluding hydrogens is 1330 g/mol. The summed E-state index contributed by atoms with van der Waals surface area (Å²) in [4.78, 5) is 73.0. The number of unbranched alkanes of at least 4 members (excludes halogenated alkanes) is 37. The van der Waals surface area contributed by atoms with Gasteiger partial charge in [0.15, 0.2) is 12.2 Å². The van der Waals surface area contributed by atoms with Gasteiger partial charge in [-0.3, -0.25) is 37.3 Å². The fourth-order valence-corrected chi connectivity index (χ4v) is 12.8. The fraction of sp³-hybridized carbons (Fsp3) is 0.783. The average Bonchev–Trinajstić information content (AvgIpc) is 0.909. The molecule has 3 N–H and O–H groups in total. The Morgan fingerprint density at radius 3 is 0.784 bits per heavy atom. The van der Waals surface area contributed by atoms with Crippen molar-refractivity contribution in [1.82, 2.24) is 0 Å². The summed E-state index contributed by atoms with van der Waals surface area (Å²) in [6, 6.07) is 0. The lowest BCUT2D eigenvalue weighted by atomic mass is 10.0. The van der Waals surface area contributed by atoms with Crippen molar-refractivity contribution in [3.05, 3.63) is 85.1 Å². The van der Waals surface area contributed by atoms with Crippen molar-refractivity contribution in [2.24, 2.45) is 0 Å². The Kier molecular flexibility index (Phi) is 72.7. The molecule has 0 spiro atoms. The van der Waals surface area contributed by atoms with Crippen LogP contribution in [0, 0.1) is 0 Å². The fourth-order valence-electron chi connectivity index (χ4n) is 11.2. The van der Waals surface area contributed by atoms with Gasteiger partial charge in [-0.05, 0) is 96.3 Å². The van der Waals surface area contributed by atoms with Gasteiger partial charge in [-0.1, -0.05) is 325 Å². The highest BCUT2D eigenvalue weighted by molar-refractivity contribution is 7.47. The van der Waals surface area contributed by atoms with E-state index in [-0.39, 0.29) is 25.7 Å². The number of carbonyl (C=O) groups is 4. The van der Waals surface area contributed by atoms with Crippen LogP contribution in [0.1, 0.15) is 362 Å². The molecule has 0 aliphatic carbocycles. The highest BCUT2D eigenvalue weighted by Gasteiger charge is 2.30. The number of hydrogen-bond acceptors (Lipinski definition) is 15. The van der Waals surface area contributed by atoms with Gasteiger partial charge in [-0.2, -0.15) is 0 Å². The molecule has 5 unspecified atom stereocenters. The predicted octanol–water partition coefficient (Wildman–Crippen LogP) is 23.8. The summed E-state index contributed by atoms with van der Waals surface area (Å²) < 4.78 is 68.7. The van der Waals surface area contributed by atoms with E-state index in [1.54, 1.807) is 0 Å². The molecule has 0 radical (unpaired) electrons. The van der Waals surface area contributed by atoms with Crippen LogP contribution < -0.4 is 0 Å². The summed E-state index contributed by atoms with van der Waals surface area (Å²) in [7, 11) is -9.95. The third-order valence-corrected chi connectivity index (χ3v) is 19.3. The van der Waals surface area contributed by atoms with Crippen LogP contribution in [-0.2, 0) is 65.4 Å². The van der Waals surface area contributed by atoms with E-state index in [0.29, 0.717) is 25.7 Å². The van der Waals surface area contributed by atoms with Crippen molar-refractivity contribution < 1.29 is 80.2 Å². The Balaban J connectivity index is 5.31. The second kappa shape index (κ2) is 75.5. The number of allylic oxidation sites excluding steroid dienone is 14. The Morgan fingerprint density at radius 2 is 0.510 bits per heavy atom. The zero-order valence-corrected chi connectivity index (χ0v) is 66.6. The van der Waals surface area contributed by atoms with Gasteiger partial charge in [-0.15, -0.1) is 0 Å². The number of aliphatic hydroxyl groups excluding tert-OH is 1. The van der Waals surface area contributed by atoms with E-state index in [1.807, 2.05) is 0 Å². The van der Waals surface area contributed by atoms with E-state index in [2.05, 4.69) is 113 Å². The van der Waals surface area contributed by atoms with Crippen molar-refractivity contribution in [2.75, 3.05) is 39.6 Å². The summed E-state index contributed by atoms with van der Waals surface area (Å²) >= 11 is 0. The first kappa shape index (κ1) is 98.2. The maximum atomic E-state index is 13.1. The molecule has 0 bridgehead atoms. The Morgan fingerprint density at radius 1 is 0.284 bits per heavy atom. The van der Waals surface area contributed by atoms with Crippen LogP contribution in [0.5, 0.6) is 0 Å². The SMILES string of the molecule is CC/C=C\C/C=C\C/C=C\C/C=C\CCCCCCCCC(=O)OCC(COP(=O)(O)OCC(O)COP(=O)(O)OCC(COC(=O)CCCCCCCCC/C=C\C/C=C\C/C=C\CC)OC(=O)CCCCCCCCCCCCCCC)OC(=O)CCCCCCCCCCCCCCC. The minimum absolute atomic E-state index is 0.0963. The third-order valence-electron chi connectivity index (χ3n) is 17.4. The van der Waals surface area contributed by atoms with Crippen LogP contribution in [0.25, 0.3) is 0 Å². The number of phosphoric ester groups is 2. The monoisotopic (exact) mass is 1480 g/mol. The van der Waals surface area contributed by atoms with Crippen LogP contribution in [0.2, 0.25) is 0 Å². The molecule has 0 aliphatic rings. The quantitative estimate of drug-likeness (QED) is 0.0169. The van der Waals surface area contributed by atoms with Gasteiger partial charge >= 0.3 is 39.5 Å². The molecule has 0 saturated heterocycles. The van der Waals surface area contributed by atoms with Gasteiger partial charge in [0.2, 0.25) is 0 Å². The molecule has 0 aromatic rings. The molecule has 0 aromatic heterocycles. The maximum absolute atomic E-state index is 13.1. The molecule has 0 rings (SSSR count). The molecule has 592 valence electrons. The third kappa shape index (κ3) is 74.5. The molecular formula is C83H148O17P2. The first-order valence-electron chi connectivity index (χ1n) is 40.8. The summed E-state index contributed by atoms with van der Waals surface area (Å²) in [5.41, 5.74) is 0. The smallest absolute Gasteiger partial charge is 0.462 e. The van der Waals surface area contributed by atoms with E-state index in [0.717, 1.165) is 180 Å². The minimum Gasteiger partial charge on any atom is -0.462 e. The van der Waals surface area contributed by atoms with Crippen molar-refractivity contribution in [3.8, 4) is 0 Å². The van der Waals surface area contributed by atoms with Crippen LogP contribution in [-0.4, -0.2) is 96.7 Å². The standard InChI is InChI=1S/C83H148O17P2/c1-5-9-13-17-21-25-29-33-35-37-38-40-42-46-48-52-56-60-64-68-81(86)94-74-79(100-83(88)70-66-62-58-54-50-44-32-28-24-20-16-12-8-4)76-98-102(91,92)96-72-77(84)71-95-101(89,90)97-75-78(99-82(87)69-65-61-57-53-49-43-31-27-23-19-15-11-7-3)73-93-80(85)67-63-59-55-51-47-45-41-39-36-34-30-26-22-18-14-10-6-2/h9-10,13-14,21-22,25-26,33-36,38,40,77-79,84H,5-8,11-12,15-20,23-24,27-32,37,39,41-76H2,1-4H3,(H,89,90)(H,91,92)/b13-9-,14-10-,25-21-,26-22-,35-33-,36-34-,40-38-. The first-order valence-corrected chi connectivity index (χ1v) is 43.8. The van der Waals surface area contributed by atoms with Crippen molar-refractivity contribution >= 4 is 39.5 Å². The molecule has 102 heavy (non-hydrogen) atoms. The lowest BCUT2D eigenvalue weighted by Gasteiger charge is -2.21. The van der Waals surface area contributed by atoms with Crippen LogP contribution in [0.3, 0.4) is 0 Å². The number of esters is 4. The van der Waals surface area contributed by atoms with Crippen LogP contribution in [0.4, 0.5) is 0 Å². The normalized spacial score (nSPS) is 14.3. The molecule has 0 aliphatic heterocycles. The number of hydrogen-bond donors (Lipinski definition) is 3. The number of ether oxygens (including phenoxy) is 4. The van der Waals surface area contributed by atoms with Gasteiger partial charge in [0.25, 0.3) is 0 Å². The zero-order valence-electron chi connectivity index (χ0n) is 64.8. The average molecular weight is 1480 g/mol. The predicted molar refractivity (Wildman–Crippen MR) is 418 cm³/mol. The van der Waals surface area contributed by atoms with E-state index in [1.165, 1.54) is 103 Å². The molecule has 0 amide bonds. The molecule has 0 fully saturated rings. The van der Waals surface area contributed by atoms with E-state index < -0.39 is 97.5 Å². The van der Waals surface area contributed by atoms with Crippen molar-refractivity contribution in [3.63, 3.8) is 0 Å². The van der Waals surface area contributed by atoms with E-state index in [4.69, 9.17) is 37.0 Å². The maximum Gasteiger partial charge on any atom is 0.472 e. The van der Waals surface area contributed by atoms with Gasteiger partial charge < -0.3 is 33.8 Å². The molecule has 0 aromatic carbocycles. The summed E-state index contributed by atoms with van der Waals surface area (Å²) in [6.45, 7) is 4.69. The van der Waals surface area contributed by atoms with Gasteiger partial charge in [-0.25, -0.2) is 9.13 Å². The van der Waals surface area contributed by atoms with Crippen LogP contribution >= 0.6 is 15.6 Å². The van der Waals surface area contributed by atoms with Gasteiger partial charge in [0, 0.05) is 25.7 Å². The van der Waals surface area contributed by atoms with Crippen molar-refractivity contribution in [2.45, 2.75) is 380 Å². The minimum atomic E-state index is -4.97. The van der Waals surface area contributed by atoms with E-state index in [9.17, 15) is 43.2 Å². The molecule has 5 atom stereocenters. The zero-order chi connectivity index (χ0) is 74.6. The lowest BCUT2D eigenvalue weighted by molar-refractivity contribution is -0.161. The largest absolute Gasteiger partial charge is 0.472 e.